The van der Waals surface area contributed by atoms with Crippen LogP contribution in [0.3, 0.4) is 0 Å². The van der Waals surface area contributed by atoms with Crippen molar-refractivity contribution in [2.45, 2.75) is 26.3 Å². The van der Waals surface area contributed by atoms with Gasteiger partial charge in [0.2, 0.25) is 11.8 Å². The Morgan fingerprint density at radius 3 is 2.34 bits per heavy atom. The fourth-order valence-corrected chi connectivity index (χ4v) is 3.68. The van der Waals surface area contributed by atoms with Crippen LogP contribution in [0.2, 0.25) is 0 Å². The molecular formula is C23H29N3O3. The second kappa shape index (κ2) is 9.45. The molecule has 1 N–H and O–H groups in total. The van der Waals surface area contributed by atoms with E-state index in [1.807, 2.05) is 29.2 Å². The maximum atomic E-state index is 12.9. The Bertz CT molecular complexity index is 843. The predicted octanol–water partition coefficient (Wildman–Crippen LogP) is 2.92. The Balaban J connectivity index is 1.61. The van der Waals surface area contributed by atoms with Crippen LogP contribution in [0, 0.1) is 6.92 Å². The smallest absolute Gasteiger partial charge is 0.225 e. The van der Waals surface area contributed by atoms with Crippen LogP contribution in [-0.2, 0) is 9.59 Å². The first-order chi connectivity index (χ1) is 14.0. The number of hydrogen-bond donors (Lipinski definition) is 1. The highest BCUT2D eigenvalue weighted by Gasteiger charge is 2.25. The maximum absolute atomic E-state index is 12.9. The predicted molar refractivity (Wildman–Crippen MR) is 114 cm³/mol. The van der Waals surface area contributed by atoms with Crippen molar-refractivity contribution in [2.75, 3.05) is 38.2 Å². The van der Waals surface area contributed by atoms with Crippen molar-refractivity contribution in [3.63, 3.8) is 0 Å². The molecule has 3 rings (SSSR count). The van der Waals surface area contributed by atoms with Crippen molar-refractivity contribution in [3.05, 3.63) is 59.7 Å². The Morgan fingerprint density at radius 1 is 1.07 bits per heavy atom. The van der Waals surface area contributed by atoms with Crippen molar-refractivity contribution < 1.29 is 14.3 Å². The molecule has 1 aliphatic heterocycles. The second-order valence-electron chi connectivity index (χ2n) is 7.44. The number of benzene rings is 2. The molecule has 0 saturated carbocycles. The van der Waals surface area contributed by atoms with Crippen LogP contribution in [0.4, 0.5) is 5.69 Å². The molecule has 1 aliphatic rings. The number of piperazine rings is 1. The van der Waals surface area contributed by atoms with E-state index in [1.54, 1.807) is 7.11 Å². The SMILES string of the molecule is COc1ccc(C(CC(=O)N2CCN(c3cccc(C)c3)CC2)NC(C)=O)cc1. The summed E-state index contributed by atoms with van der Waals surface area (Å²) in [4.78, 5) is 28.8. The summed E-state index contributed by atoms with van der Waals surface area (Å²) in [5, 5.41) is 2.91. The molecule has 2 amide bonds. The maximum Gasteiger partial charge on any atom is 0.225 e. The van der Waals surface area contributed by atoms with Gasteiger partial charge in [-0.05, 0) is 42.3 Å². The molecule has 6 heteroatoms. The molecule has 2 aromatic carbocycles. The summed E-state index contributed by atoms with van der Waals surface area (Å²) < 4.78 is 5.19. The fourth-order valence-electron chi connectivity index (χ4n) is 3.68. The standard InChI is InChI=1S/C23H29N3O3/c1-17-5-4-6-20(15-17)25-11-13-26(14-12-25)23(28)16-22(24-18(2)27)19-7-9-21(29-3)10-8-19/h4-10,15,22H,11-14,16H2,1-3H3,(H,24,27). The minimum Gasteiger partial charge on any atom is -0.497 e. The molecule has 6 nitrogen and oxygen atoms in total. The van der Waals surface area contributed by atoms with Crippen LogP contribution < -0.4 is 15.0 Å². The molecule has 0 aromatic heterocycles. The zero-order valence-corrected chi connectivity index (χ0v) is 17.4. The molecule has 0 aliphatic carbocycles. The highest BCUT2D eigenvalue weighted by Crippen LogP contribution is 2.23. The Morgan fingerprint density at radius 2 is 1.76 bits per heavy atom. The number of ether oxygens (including phenoxy) is 1. The molecule has 1 atom stereocenters. The number of carbonyl (C=O) groups is 2. The first-order valence-corrected chi connectivity index (χ1v) is 9.96. The molecule has 2 aromatic rings. The van der Waals surface area contributed by atoms with E-state index in [4.69, 9.17) is 4.74 Å². The van der Waals surface area contributed by atoms with E-state index < -0.39 is 0 Å². The van der Waals surface area contributed by atoms with Gasteiger partial charge in [0, 0.05) is 38.8 Å². The van der Waals surface area contributed by atoms with E-state index in [0.29, 0.717) is 13.1 Å². The number of anilines is 1. The first kappa shape index (κ1) is 20.7. The van der Waals surface area contributed by atoms with Gasteiger partial charge in [-0.2, -0.15) is 0 Å². The molecular weight excluding hydrogens is 366 g/mol. The highest BCUT2D eigenvalue weighted by atomic mass is 16.5. The monoisotopic (exact) mass is 395 g/mol. The Kier molecular flexibility index (Phi) is 6.75. The minimum atomic E-state index is -0.347. The summed E-state index contributed by atoms with van der Waals surface area (Å²) in [7, 11) is 1.61. The van der Waals surface area contributed by atoms with Crippen molar-refractivity contribution >= 4 is 17.5 Å². The van der Waals surface area contributed by atoms with Crippen LogP contribution in [-0.4, -0.2) is 50.0 Å². The van der Waals surface area contributed by atoms with Crippen LogP contribution >= 0.6 is 0 Å². The van der Waals surface area contributed by atoms with E-state index in [1.165, 1.54) is 18.2 Å². The molecule has 0 bridgehead atoms. The van der Waals surface area contributed by atoms with E-state index in [0.717, 1.165) is 24.4 Å². The van der Waals surface area contributed by atoms with Crippen LogP contribution in [0.5, 0.6) is 5.75 Å². The number of nitrogens with one attached hydrogen (secondary N) is 1. The summed E-state index contributed by atoms with van der Waals surface area (Å²) in [5.41, 5.74) is 3.33. The van der Waals surface area contributed by atoms with Crippen LogP contribution in [0.1, 0.15) is 30.5 Å². The van der Waals surface area contributed by atoms with Gasteiger partial charge in [-0.25, -0.2) is 0 Å². The van der Waals surface area contributed by atoms with Gasteiger partial charge >= 0.3 is 0 Å². The number of methoxy groups -OCH3 is 1. The lowest BCUT2D eigenvalue weighted by Crippen LogP contribution is -2.49. The molecule has 1 saturated heterocycles. The van der Waals surface area contributed by atoms with E-state index in [9.17, 15) is 9.59 Å². The van der Waals surface area contributed by atoms with Gasteiger partial charge in [0.1, 0.15) is 5.75 Å². The number of hydrogen-bond acceptors (Lipinski definition) is 4. The summed E-state index contributed by atoms with van der Waals surface area (Å²) in [6.45, 7) is 6.54. The van der Waals surface area contributed by atoms with Crippen molar-refractivity contribution in [2.24, 2.45) is 0 Å². The largest absolute Gasteiger partial charge is 0.497 e. The summed E-state index contributed by atoms with van der Waals surface area (Å²) in [6.07, 6.45) is 0.246. The van der Waals surface area contributed by atoms with Crippen LogP contribution in [0.15, 0.2) is 48.5 Å². The molecule has 1 fully saturated rings. The van der Waals surface area contributed by atoms with E-state index >= 15 is 0 Å². The summed E-state index contributed by atoms with van der Waals surface area (Å²) in [6, 6.07) is 15.6. The third-order valence-electron chi connectivity index (χ3n) is 5.27. The van der Waals surface area contributed by atoms with E-state index in [2.05, 4.69) is 41.4 Å². The van der Waals surface area contributed by atoms with Gasteiger partial charge in [0.05, 0.1) is 19.6 Å². The molecule has 0 radical (unpaired) electrons. The zero-order valence-electron chi connectivity index (χ0n) is 17.4. The number of carbonyl (C=O) groups excluding carboxylic acids is 2. The lowest BCUT2D eigenvalue weighted by molar-refractivity contribution is -0.132. The molecule has 1 heterocycles. The summed E-state index contributed by atoms with van der Waals surface area (Å²) in [5.74, 6) is 0.653. The van der Waals surface area contributed by atoms with Gasteiger partial charge in [-0.1, -0.05) is 24.3 Å². The number of nitrogens with zero attached hydrogens (tertiary/aromatic N) is 2. The van der Waals surface area contributed by atoms with Crippen molar-refractivity contribution in [1.82, 2.24) is 10.2 Å². The zero-order chi connectivity index (χ0) is 20.8. The number of rotatable bonds is 6. The molecule has 1 unspecified atom stereocenters. The van der Waals surface area contributed by atoms with E-state index in [-0.39, 0.29) is 24.3 Å². The lowest BCUT2D eigenvalue weighted by Gasteiger charge is -2.37. The minimum absolute atomic E-state index is 0.0588. The Labute approximate surface area is 172 Å². The molecule has 29 heavy (non-hydrogen) atoms. The summed E-state index contributed by atoms with van der Waals surface area (Å²) >= 11 is 0. The van der Waals surface area contributed by atoms with Crippen LogP contribution in [0.25, 0.3) is 0 Å². The quantitative estimate of drug-likeness (QED) is 0.817. The Hall–Kier alpha value is -3.02. The average Bonchev–Trinajstić information content (AvgIpc) is 2.73. The van der Waals surface area contributed by atoms with Gasteiger partial charge in [0.25, 0.3) is 0 Å². The third-order valence-corrected chi connectivity index (χ3v) is 5.27. The molecule has 154 valence electrons. The first-order valence-electron chi connectivity index (χ1n) is 9.96. The van der Waals surface area contributed by atoms with Crippen molar-refractivity contribution in [1.29, 1.82) is 0 Å². The normalized spacial score (nSPS) is 15.0. The number of aryl methyl sites for hydroxylation is 1. The lowest BCUT2D eigenvalue weighted by atomic mass is 10.0. The second-order valence-corrected chi connectivity index (χ2v) is 7.44. The number of amides is 2. The van der Waals surface area contributed by atoms with Gasteiger partial charge in [0.15, 0.2) is 0 Å². The van der Waals surface area contributed by atoms with Crippen molar-refractivity contribution in [3.8, 4) is 5.75 Å². The van der Waals surface area contributed by atoms with Gasteiger partial charge in [-0.15, -0.1) is 0 Å². The molecule has 0 spiro atoms. The fraction of sp³-hybridized carbons (Fsp3) is 0.391. The topological polar surface area (TPSA) is 61.9 Å². The average molecular weight is 396 g/mol. The van der Waals surface area contributed by atoms with Gasteiger partial charge in [-0.3, -0.25) is 9.59 Å². The van der Waals surface area contributed by atoms with Gasteiger partial charge < -0.3 is 19.9 Å². The highest BCUT2D eigenvalue weighted by molar-refractivity contribution is 5.79. The third kappa shape index (κ3) is 5.50.